The average Bonchev–Trinajstić information content (AvgIpc) is 2.87. The van der Waals surface area contributed by atoms with Crippen LogP contribution in [0.25, 0.3) is 0 Å². The Morgan fingerprint density at radius 1 is 1.23 bits per heavy atom. The smallest absolute Gasteiger partial charge is 0.161 e. The van der Waals surface area contributed by atoms with E-state index in [-0.39, 0.29) is 6.04 Å². The molecule has 1 unspecified atom stereocenters. The van der Waals surface area contributed by atoms with Gasteiger partial charge in [-0.1, -0.05) is 13.0 Å². The van der Waals surface area contributed by atoms with E-state index in [0.29, 0.717) is 19.8 Å². The Hall–Kier alpha value is -2.08. The first-order valence-corrected chi connectivity index (χ1v) is 7.67. The fourth-order valence-corrected chi connectivity index (χ4v) is 2.59. The van der Waals surface area contributed by atoms with Crippen LogP contribution in [0.3, 0.4) is 0 Å². The third-order valence-electron chi connectivity index (χ3n) is 4.07. The van der Waals surface area contributed by atoms with Gasteiger partial charge in [0.05, 0.1) is 6.54 Å². The number of benzene rings is 1. The molecule has 0 saturated carbocycles. The zero-order valence-corrected chi connectivity index (χ0v) is 13.3. The minimum Gasteiger partial charge on any atom is -0.486 e. The molecule has 1 aliphatic rings. The summed E-state index contributed by atoms with van der Waals surface area (Å²) in [5.41, 5.74) is 1.20. The van der Waals surface area contributed by atoms with Gasteiger partial charge in [0.25, 0.3) is 0 Å². The molecule has 1 aromatic carbocycles. The lowest BCUT2D eigenvalue weighted by atomic mass is 10.0. The van der Waals surface area contributed by atoms with Gasteiger partial charge in [0.15, 0.2) is 11.5 Å². The van der Waals surface area contributed by atoms with Gasteiger partial charge in [0, 0.05) is 13.1 Å². The third kappa shape index (κ3) is 2.92. The zero-order chi connectivity index (χ0) is 15.5. The van der Waals surface area contributed by atoms with Crippen molar-refractivity contribution in [1.29, 1.82) is 0 Å². The normalized spacial score (nSPS) is 14.9. The summed E-state index contributed by atoms with van der Waals surface area (Å²) in [7, 11) is 1.98. The number of ether oxygens (including phenoxy) is 2. The molecule has 3 rings (SSSR count). The Kier molecular flexibility index (Phi) is 4.29. The Balaban J connectivity index is 1.72. The highest BCUT2D eigenvalue weighted by molar-refractivity contribution is 5.44. The number of hydrogen-bond acceptors (Lipinski definition) is 5. The van der Waals surface area contributed by atoms with Crippen LogP contribution in [0.1, 0.15) is 36.6 Å². The molecule has 1 aliphatic heterocycles. The molecular formula is C16H22N4O2. The molecule has 118 valence electrons. The van der Waals surface area contributed by atoms with Gasteiger partial charge in [0.2, 0.25) is 0 Å². The molecule has 6 nitrogen and oxygen atoms in total. The minimum absolute atomic E-state index is 0.243. The number of rotatable bonds is 5. The van der Waals surface area contributed by atoms with Crippen molar-refractivity contribution in [2.24, 2.45) is 7.05 Å². The predicted octanol–water partition coefficient (Wildman–Crippen LogP) is 2.14. The van der Waals surface area contributed by atoms with Crippen molar-refractivity contribution in [3.8, 4) is 11.5 Å². The van der Waals surface area contributed by atoms with Crippen LogP contribution in [0.15, 0.2) is 18.2 Å². The standard InChI is InChI=1S/C16H22N4O2/c1-4-13(17-10-16-19-18-11(2)20(16)3)12-5-6-14-15(9-12)22-8-7-21-14/h5-6,9,13,17H,4,7-8,10H2,1-3H3. The summed E-state index contributed by atoms with van der Waals surface area (Å²) in [5, 5.41) is 11.8. The summed E-state index contributed by atoms with van der Waals surface area (Å²) in [4.78, 5) is 0. The zero-order valence-electron chi connectivity index (χ0n) is 13.3. The topological polar surface area (TPSA) is 61.2 Å². The van der Waals surface area contributed by atoms with E-state index in [1.165, 1.54) is 5.56 Å². The van der Waals surface area contributed by atoms with E-state index in [9.17, 15) is 0 Å². The van der Waals surface area contributed by atoms with E-state index >= 15 is 0 Å². The van der Waals surface area contributed by atoms with Crippen LogP contribution in [-0.4, -0.2) is 28.0 Å². The van der Waals surface area contributed by atoms with Crippen molar-refractivity contribution < 1.29 is 9.47 Å². The Morgan fingerprint density at radius 3 is 2.68 bits per heavy atom. The minimum atomic E-state index is 0.243. The Bertz CT molecular complexity index is 654. The molecule has 0 fully saturated rings. The molecule has 1 atom stereocenters. The molecule has 2 aromatic rings. The molecule has 0 amide bonds. The summed E-state index contributed by atoms with van der Waals surface area (Å²) >= 11 is 0. The first-order valence-electron chi connectivity index (χ1n) is 7.67. The van der Waals surface area contributed by atoms with Crippen LogP contribution in [0.5, 0.6) is 11.5 Å². The molecule has 0 radical (unpaired) electrons. The second-order valence-corrected chi connectivity index (χ2v) is 5.47. The van der Waals surface area contributed by atoms with Gasteiger partial charge >= 0.3 is 0 Å². The highest BCUT2D eigenvalue weighted by Crippen LogP contribution is 2.33. The lowest BCUT2D eigenvalue weighted by Crippen LogP contribution is -2.23. The van der Waals surface area contributed by atoms with Crippen LogP contribution in [0.4, 0.5) is 0 Å². The highest BCUT2D eigenvalue weighted by Gasteiger charge is 2.16. The summed E-state index contributed by atoms with van der Waals surface area (Å²) in [6, 6.07) is 6.39. The second kappa shape index (κ2) is 6.36. The average molecular weight is 302 g/mol. The number of nitrogens with zero attached hydrogens (tertiary/aromatic N) is 3. The van der Waals surface area contributed by atoms with Gasteiger partial charge in [-0.2, -0.15) is 0 Å². The predicted molar refractivity (Wildman–Crippen MR) is 83.0 cm³/mol. The van der Waals surface area contributed by atoms with E-state index in [2.05, 4.69) is 34.6 Å². The Morgan fingerprint density at radius 2 is 2.00 bits per heavy atom. The van der Waals surface area contributed by atoms with Crippen molar-refractivity contribution >= 4 is 0 Å². The quantitative estimate of drug-likeness (QED) is 0.917. The van der Waals surface area contributed by atoms with Crippen LogP contribution in [0, 0.1) is 6.92 Å². The van der Waals surface area contributed by atoms with Crippen molar-refractivity contribution in [2.45, 2.75) is 32.9 Å². The second-order valence-electron chi connectivity index (χ2n) is 5.47. The number of aryl methyl sites for hydroxylation is 1. The molecule has 0 saturated heterocycles. The van der Waals surface area contributed by atoms with Gasteiger partial charge in [-0.25, -0.2) is 0 Å². The van der Waals surface area contributed by atoms with E-state index in [0.717, 1.165) is 29.6 Å². The molecule has 0 bridgehead atoms. The molecule has 2 heterocycles. The number of aromatic nitrogens is 3. The summed E-state index contributed by atoms with van der Waals surface area (Å²) in [5.74, 6) is 3.52. The van der Waals surface area contributed by atoms with Crippen molar-refractivity contribution in [2.75, 3.05) is 13.2 Å². The molecule has 1 N–H and O–H groups in total. The highest BCUT2D eigenvalue weighted by atomic mass is 16.6. The van der Waals surface area contributed by atoms with E-state index < -0.39 is 0 Å². The first-order chi connectivity index (χ1) is 10.7. The SMILES string of the molecule is CCC(NCc1nnc(C)n1C)c1ccc2c(c1)OCCO2. The maximum atomic E-state index is 5.66. The van der Waals surface area contributed by atoms with Gasteiger partial charge < -0.3 is 19.4 Å². The lowest BCUT2D eigenvalue weighted by molar-refractivity contribution is 0.171. The van der Waals surface area contributed by atoms with Crippen molar-refractivity contribution in [3.05, 3.63) is 35.4 Å². The lowest BCUT2D eigenvalue weighted by Gasteiger charge is -2.22. The fraction of sp³-hybridized carbons (Fsp3) is 0.500. The van der Waals surface area contributed by atoms with Crippen LogP contribution in [-0.2, 0) is 13.6 Å². The van der Waals surface area contributed by atoms with E-state index in [1.54, 1.807) is 0 Å². The molecule has 6 heteroatoms. The number of fused-ring (bicyclic) bond motifs is 1. The van der Waals surface area contributed by atoms with Gasteiger partial charge in [-0.15, -0.1) is 10.2 Å². The molecular weight excluding hydrogens is 280 g/mol. The third-order valence-corrected chi connectivity index (χ3v) is 4.07. The molecule has 0 spiro atoms. The monoisotopic (exact) mass is 302 g/mol. The fourth-order valence-electron chi connectivity index (χ4n) is 2.59. The number of hydrogen-bond donors (Lipinski definition) is 1. The molecule has 22 heavy (non-hydrogen) atoms. The first kappa shape index (κ1) is 14.8. The van der Waals surface area contributed by atoms with Crippen molar-refractivity contribution in [3.63, 3.8) is 0 Å². The van der Waals surface area contributed by atoms with Crippen LogP contribution in [0.2, 0.25) is 0 Å². The van der Waals surface area contributed by atoms with Gasteiger partial charge in [-0.3, -0.25) is 0 Å². The maximum Gasteiger partial charge on any atom is 0.161 e. The van der Waals surface area contributed by atoms with E-state index in [1.807, 2.05) is 24.6 Å². The summed E-state index contributed by atoms with van der Waals surface area (Å²) in [6.45, 7) is 6.03. The number of nitrogens with one attached hydrogen (secondary N) is 1. The summed E-state index contributed by atoms with van der Waals surface area (Å²) in [6.07, 6.45) is 0.983. The van der Waals surface area contributed by atoms with Crippen LogP contribution < -0.4 is 14.8 Å². The molecule has 1 aromatic heterocycles. The maximum absolute atomic E-state index is 5.66. The van der Waals surface area contributed by atoms with Gasteiger partial charge in [-0.05, 0) is 31.0 Å². The largest absolute Gasteiger partial charge is 0.486 e. The van der Waals surface area contributed by atoms with E-state index in [4.69, 9.17) is 9.47 Å². The molecule has 0 aliphatic carbocycles. The Labute approximate surface area is 130 Å². The van der Waals surface area contributed by atoms with Gasteiger partial charge in [0.1, 0.15) is 24.9 Å². The summed E-state index contributed by atoms with van der Waals surface area (Å²) < 4.78 is 13.2. The van der Waals surface area contributed by atoms with Crippen LogP contribution >= 0.6 is 0 Å². The van der Waals surface area contributed by atoms with Crippen molar-refractivity contribution in [1.82, 2.24) is 20.1 Å².